The highest BCUT2D eigenvalue weighted by Gasteiger charge is 2.11. The van der Waals surface area contributed by atoms with Crippen LogP contribution in [0.3, 0.4) is 0 Å². The van der Waals surface area contributed by atoms with Gasteiger partial charge in [0, 0.05) is 6.08 Å². The summed E-state index contributed by atoms with van der Waals surface area (Å²) in [5.74, 6) is -1.000. The molecule has 0 aliphatic heterocycles. The molecule has 0 aromatic rings. The Bertz CT molecular complexity index is 385. The summed E-state index contributed by atoms with van der Waals surface area (Å²) in [6, 6.07) is 0. The summed E-state index contributed by atoms with van der Waals surface area (Å²) in [4.78, 5) is 10.2. The Kier molecular flexibility index (Phi) is 15.5. The Morgan fingerprint density at radius 3 is 1.96 bits per heavy atom. The molecule has 2 atom stereocenters. The van der Waals surface area contributed by atoms with E-state index in [9.17, 15) is 15.0 Å². The Hall–Kier alpha value is -1.39. The van der Waals surface area contributed by atoms with E-state index >= 15 is 0 Å². The minimum atomic E-state index is -1.000. The monoisotopic (exact) mass is 338 g/mol. The first kappa shape index (κ1) is 22.6. The molecule has 4 heteroatoms. The average molecular weight is 338 g/mol. The molecule has 0 spiro atoms. The molecule has 0 aliphatic rings. The normalized spacial score (nSPS) is 14.8. The molecule has 3 N–H and O–H groups in total. The molecule has 0 aliphatic carbocycles. The number of aliphatic carboxylic acids is 1. The van der Waals surface area contributed by atoms with Crippen LogP contribution in [-0.2, 0) is 4.79 Å². The molecule has 0 heterocycles. The number of hydrogen-bond donors (Lipinski definition) is 3. The van der Waals surface area contributed by atoms with E-state index in [1.807, 2.05) is 0 Å². The highest BCUT2D eigenvalue weighted by atomic mass is 16.4. The minimum Gasteiger partial charge on any atom is -0.478 e. The summed E-state index contributed by atoms with van der Waals surface area (Å²) >= 11 is 0. The second kappa shape index (κ2) is 16.5. The summed E-state index contributed by atoms with van der Waals surface area (Å²) in [5.41, 5.74) is 0. The SMILES string of the molecule is CCCCCCCCCCCC(O)C(O)C=CC=CC=CC(=O)O. The molecular formula is C20H34O4. The third kappa shape index (κ3) is 15.5. The van der Waals surface area contributed by atoms with E-state index in [-0.39, 0.29) is 0 Å². The lowest BCUT2D eigenvalue weighted by Gasteiger charge is -2.14. The van der Waals surface area contributed by atoms with Crippen LogP contribution in [-0.4, -0.2) is 33.5 Å². The van der Waals surface area contributed by atoms with E-state index in [0.29, 0.717) is 6.42 Å². The standard InChI is InChI=1S/C20H34O4/c1-2-3-4-5-6-7-8-9-12-15-18(21)19(22)16-13-10-11-14-17-20(23)24/h10-11,13-14,16-19,21-22H,2-9,12,15H2,1H3,(H,23,24). The van der Waals surface area contributed by atoms with E-state index in [0.717, 1.165) is 18.9 Å². The van der Waals surface area contributed by atoms with Crippen molar-refractivity contribution in [2.45, 2.75) is 83.3 Å². The first-order chi connectivity index (χ1) is 11.6. The fraction of sp³-hybridized carbons (Fsp3) is 0.650. The summed E-state index contributed by atoms with van der Waals surface area (Å²) in [5, 5.41) is 28.1. The van der Waals surface area contributed by atoms with Gasteiger partial charge in [-0.05, 0) is 6.42 Å². The molecule has 0 bridgehead atoms. The molecular weight excluding hydrogens is 304 g/mol. The van der Waals surface area contributed by atoms with Crippen molar-refractivity contribution in [3.05, 3.63) is 36.5 Å². The number of carbonyl (C=O) groups is 1. The van der Waals surface area contributed by atoms with Gasteiger partial charge in [0.2, 0.25) is 0 Å². The molecule has 0 aromatic carbocycles. The van der Waals surface area contributed by atoms with Crippen molar-refractivity contribution in [3.8, 4) is 0 Å². The van der Waals surface area contributed by atoms with E-state index in [4.69, 9.17) is 5.11 Å². The fourth-order valence-electron chi connectivity index (χ4n) is 2.41. The van der Waals surface area contributed by atoms with E-state index < -0.39 is 18.2 Å². The largest absolute Gasteiger partial charge is 0.478 e. The quantitative estimate of drug-likeness (QED) is 0.235. The topological polar surface area (TPSA) is 77.8 Å². The van der Waals surface area contributed by atoms with Gasteiger partial charge < -0.3 is 15.3 Å². The van der Waals surface area contributed by atoms with Crippen molar-refractivity contribution < 1.29 is 20.1 Å². The summed E-state index contributed by atoms with van der Waals surface area (Å²) in [6.07, 6.45) is 18.8. The molecule has 0 amide bonds. The predicted molar refractivity (Wildman–Crippen MR) is 98.9 cm³/mol. The highest BCUT2D eigenvalue weighted by molar-refractivity contribution is 5.80. The number of unbranched alkanes of at least 4 members (excludes halogenated alkanes) is 8. The first-order valence-electron chi connectivity index (χ1n) is 9.18. The lowest BCUT2D eigenvalue weighted by molar-refractivity contribution is -0.131. The Labute approximate surface area is 146 Å². The van der Waals surface area contributed by atoms with Gasteiger partial charge in [-0.15, -0.1) is 0 Å². The fourth-order valence-corrected chi connectivity index (χ4v) is 2.41. The lowest BCUT2D eigenvalue weighted by atomic mass is 10.0. The lowest BCUT2D eigenvalue weighted by Crippen LogP contribution is -2.23. The maximum Gasteiger partial charge on any atom is 0.328 e. The van der Waals surface area contributed by atoms with E-state index in [1.54, 1.807) is 18.2 Å². The number of aliphatic hydroxyl groups excluding tert-OH is 2. The van der Waals surface area contributed by atoms with Crippen molar-refractivity contribution >= 4 is 5.97 Å². The minimum absolute atomic E-state index is 0.601. The van der Waals surface area contributed by atoms with Gasteiger partial charge in [-0.2, -0.15) is 0 Å². The predicted octanol–water partition coefficient (Wildman–Crippen LogP) is 4.38. The first-order valence-corrected chi connectivity index (χ1v) is 9.18. The molecule has 4 nitrogen and oxygen atoms in total. The van der Waals surface area contributed by atoms with Gasteiger partial charge in [0.25, 0.3) is 0 Å². The maximum absolute atomic E-state index is 10.2. The van der Waals surface area contributed by atoms with E-state index in [1.165, 1.54) is 57.1 Å². The smallest absolute Gasteiger partial charge is 0.328 e. The second-order valence-corrected chi connectivity index (χ2v) is 6.14. The molecule has 0 rings (SSSR count). The second-order valence-electron chi connectivity index (χ2n) is 6.14. The Balaban J connectivity index is 3.65. The number of carboxylic acids is 1. The van der Waals surface area contributed by atoms with Gasteiger partial charge in [-0.25, -0.2) is 4.79 Å². The van der Waals surface area contributed by atoms with E-state index in [2.05, 4.69) is 6.92 Å². The van der Waals surface area contributed by atoms with Gasteiger partial charge >= 0.3 is 5.97 Å². The van der Waals surface area contributed by atoms with Crippen molar-refractivity contribution in [2.24, 2.45) is 0 Å². The number of aliphatic hydroxyl groups is 2. The van der Waals surface area contributed by atoms with Crippen LogP contribution in [0, 0.1) is 0 Å². The Morgan fingerprint density at radius 1 is 0.833 bits per heavy atom. The average Bonchev–Trinajstić information content (AvgIpc) is 2.55. The maximum atomic E-state index is 10.2. The molecule has 0 fully saturated rings. The number of rotatable bonds is 15. The summed E-state index contributed by atoms with van der Waals surface area (Å²) in [6.45, 7) is 2.22. The van der Waals surface area contributed by atoms with Crippen LogP contribution in [0.2, 0.25) is 0 Å². The van der Waals surface area contributed by atoms with Crippen molar-refractivity contribution in [2.75, 3.05) is 0 Å². The number of carboxylic acid groups (broad SMARTS) is 1. The third-order valence-electron chi connectivity index (χ3n) is 3.88. The van der Waals surface area contributed by atoms with Crippen molar-refractivity contribution in [1.82, 2.24) is 0 Å². The molecule has 2 unspecified atom stereocenters. The van der Waals surface area contributed by atoms with Gasteiger partial charge in [0.1, 0.15) is 0 Å². The zero-order chi connectivity index (χ0) is 18.0. The molecule has 0 aromatic heterocycles. The Morgan fingerprint density at radius 2 is 1.38 bits per heavy atom. The van der Waals surface area contributed by atoms with Crippen molar-refractivity contribution in [1.29, 1.82) is 0 Å². The van der Waals surface area contributed by atoms with Crippen LogP contribution in [0.1, 0.15) is 71.1 Å². The van der Waals surface area contributed by atoms with Crippen LogP contribution in [0.25, 0.3) is 0 Å². The van der Waals surface area contributed by atoms with Crippen LogP contribution < -0.4 is 0 Å². The molecule has 24 heavy (non-hydrogen) atoms. The van der Waals surface area contributed by atoms with Gasteiger partial charge in [-0.3, -0.25) is 0 Å². The zero-order valence-corrected chi connectivity index (χ0v) is 14.9. The van der Waals surface area contributed by atoms with Gasteiger partial charge in [-0.1, -0.05) is 95.1 Å². The van der Waals surface area contributed by atoms with Crippen LogP contribution in [0.5, 0.6) is 0 Å². The zero-order valence-electron chi connectivity index (χ0n) is 14.9. The number of hydrogen-bond acceptors (Lipinski definition) is 3. The number of allylic oxidation sites excluding steroid dienone is 4. The van der Waals surface area contributed by atoms with Crippen LogP contribution >= 0.6 is 0 Å². The van der Waals surface area contributed by atoms with Crippen LogP contribution in [0.15, 0.2) is 36.5 Å². The molecule has 0 radical (unpaired) electrons. The third-order valence-corrected chi connectivity index (χ3v) is 3.88. The van der Waals surface area contributed by atoms with Gasteiger partial charge in [0.15, 0.2) is 0 Å². The molecule has 0 saturated heterocycles. The van der Waals surface area contributed by atoms with Crippen LogP contribution in [0.4, 0.5) is 0 Å². The summed E-state index contributed by atoms with van der Waals surface area (Å²) in [7, 11) is 0. The highest BCUT2D eigenvalue weighted by Crippen LogP contribution is 2.12. The molecule has 0 saturated carbocycles. The molecule has 138 valence electrons. The van der Waals surface area contributed by atoms with Crippen molar-refractivity contribution in [3.63, 3.8) is 0 Å². The van der Waals surface area contributed by atoms with Gasteiger partial charge in [0.05, 0.1) is 12.2 Å². The summed E-state index contributed by atoms with van der Waals surface area (Å²) < 4.78 is 0.